The molecule has 29 heavy (non-hydrogen) atoms. The van der Waals surface area contributed by atoms with Gasteiger partial charge >= 0.3 is 0 Å². The molecule has 0 bridgehead atoms. The van der Waals surface area contributed by atoms with Gasteiger partial charge in [0.15, 0.2) is 6.61 Å². The summed E-state index contributed by atoms with van der Waals surface area (Å²) in [7, 11) is 0. The van der Waals surface area contributed by atoms with Crippen LogP contribution in [0.3, 0.4) is 0 Å². The molecule has 1 heterocycles. The minimum Gasteiger partial charge on any atom is -0.484 e. The summed E-state index contributed by atoms with van der Waals surface area (Å²) >= 11 is 0. The molecular weight excluding hydrogens is 381 g/mol. The van der Waals surface area contributed by atoms with Crippen LogP contribution < -0.4 is 4.74 Å². The van der Waals surface area contributed by atoms with Gasteiger partial charge in [-0.1, -0.05) is 18.2 Å². The minimum absolute atomic E-state index is 0.0151. The molecule has 0 N–H and O–H groups in total. The van der Waals surface area contributed by atoms with Crippen LogP contribution >= 0.6 is 0 Å². The summed E-state index contributed by atoms with van der Waals surface area (Å²) in [6.45, 7) is 1.19. The quantitative estimate of drug-likeness (QED) is 0.567. The summed E-state index contributed by atoms with van der Waals surface area (Å²) in [4.78, 5) is 38.4. The molecule has 0 radical (unpaired) electrons. The van der Waals surface area contributed by atoms with Gasteiger partial charge in [0.05, 0.1) is 16.6 Å². The standard InChI is InChI=1S/C20H20FN3O5/c21-18-8-2-1-7-17(18)20(26)23-10-4-9-22(11-12-23)19(25)14-29-16-6-3-5-15(13-16)24(27)28/h1-3,5-8,13H,4,9-12,14H2. The van der Waals surface area contributed by atoms with Gasteiger partial charge in [-0.2, -0.15) is 0 Å². The third kappa shape index (κ3) is 5.07. The Kier molecular flexibility index (Phi) is 6.38. The Morgan fingerprint density at radius 3 is 2.52 bits per heavy atom. The SMILES string of the molecule is O=C(COc1cccc([N+](=O)[O-])c1)N1CCCN(C(=O)c2ccccc2F)CC1. The second-order valence-electron chi connectivity index (χ2n) is 6.55. The van der Waals surface area contributed by atoms with Crippen LogP contribution in [0, 0.1) is 15.9 Å². The highest BCUT2D eigenvalue weighted by Crippen LogP contribution is 2.19. The Morgan fingerprint density at radius 2 is 1.76 bits per heavy atom. The van der Waals surface area contributed by atoms with Gasteiger partial charge in [-0.05, 0) is 24.6 Å². The number of benzene rings is 2. The fourth-order valence-electron chi connectivity index (χ4n) is 3.10. The minimum atomic E-state index is -0.569. The van der Waals surface area contributed by atoms with Gasteiger partial charge in [-0.3, -0.25) is 19.7 Å². The highest BCUT2D eigenvalue weighted by atomic mass is 19.1. The highest BCUT2D eigenvalue weighted by Gasteiger charge is 2.24. The Hall–Kier alpha value is -3.49. The first-order chi connectivity index (χ1) is 14.0. The number of hydrogen-bond donors (Lipinski definition) is 0. The zero-order chi connectivity index (χ0) is 20.8. The summed E-state index contributed by atoms with van der Waals surface area (Å²) in [5.74, 6) is -1.01. The molecule has 2 amide bonds. The molecule has 0 aromatic heterocycles. The first-order valence-corrected chi connectivity index (χ1v) is 9.14. The van der Waals surface area contributed by atoms with Crippen molar-refractivity contribution in [3.63, 3.8) is 0 Å². The summed E-state index contributed by atoms with van der Waals surface area (Å²) in [5.41, 5.74) is -0.103. The van der Waals surface area contributed by atoms with Crippen molar-refractivity contribution in [2.24, 2.45) is 0 Å². The lowest BCUT2D eigenvalue weighted by Crippen LogP contribution is -2.39. The predicted octanol–water partition coefficient (Wildman–Crippen LogP) is 2.49. The topological polar surface area (TPSA) is 93.0 Å². The van der Waals surface area contributed by atoms with E-state index < -0.39 is 16.6 Å². The second kappa shape index (κ2) is 9.13. The highest BCUT2D eigenvalue weighted by molar-refractivity contribution is 5.94. The number of hydrogen-bond acceptors (Lipinski definition) is 5. The Bertz CT molecular complexity index is 920. The molecule has 152 valence electrons. The second-order valence-corrected chi connectivity index (χ2v) is 6.55. The smallest absolute Gasteiger partial charge is 0.273 e. The molecule has 0 spiro atoms. The molecule has 1 saturated heterocycles. The predicted molar refractivity (Wildman–Crippen MR) is 102 cm³/mol. The van der Waals surface area contributed by atoms with Crippen LogP contribution in [0.1, 0.15) is 16.8 Å². The molecular formula is C20H20FN3O5. The average molecular weight is 401 g/mol. The van der Waals surface area contributed by atoms with E-state index in [1.165, 1.54) is 47.4 Å². The zero-order valence-corrected chi connectivity index (χ0v) is 15.6. The van der Waals surface area contributed by atoms with E-state index in [1.807, 2.05) is 0 Å². The molecule has 0 saturated carbocycles. The number of halogens is 1. The van der Waals surface area contributed by atoms with Crippen LogP contribution in [-0.2, 0) is 4.79 Å². The van der Waals surface area contributed by atoms with Gasteiger partial charge < -0.3 is 14.5 Å². The van der Waals surface area contributed by atoms with E-state index >= 15 is 0 Å². The van der Waals surface area contributed by atoms with Crippen molar-refractivity contribution in [1.29, 1.82) is 0 Å². The Labute approximate surface area is 166 Å². The van der Waals surface area contributed by atoms with E-state index in [0.29, 0.717) is 26.1 Å². The van der Waals surface area contributed by atoms with Gasteiger partial charge in [0.1, 0.15) is 11.6 Å². The molecule has 1 aliphatic rings. The average Bonchev–Trinajstić information content (AvgIpc) is 2.98. The van der Waals surface area contributed by atoms with Crippen molar-refractivity contribution in [2.45, 2.75) is 6.42 Å². The number of ether oxygens (including phenoxy) is 1. The van der Waals surface area contributed by atoms with Crippen molar-refractivity contribution in [2.75, 3.05) is 32.8 Å². The van der Waals surface area contributed by atoms with Gasteiger partial charge in [-0.15, -0.1) is 0 Å². The first kappa shape index (κ1) is 20.2. The lowest BCUT2D eigenvalue weighted by molar-refractivity contribution is -0.384. The number of carbonyl (C=O) groups is 2. The molecule has 2 aromatic carbocycles. The van der Waals surface area contributed by atoms with E-state index in [2.05, 4.69) is 0 Å². The van der Waals surface area contributed by atoms with Crippen LogP contribution in [0.5, 0.6) is 5.75 Å². The van der Waals surface area contributed by atoms with E-state index in [-0.39, 0.29) is 36.1 Å². The molecule has 0 atom stereocenters. The molecule has 9 heteroatoms. The number of rotatable bonds is 5. The van der Waals surface area contributed by atoms with Crippen molar-refractivity contribution in [1.82, 2.24) is 9.80 Å². The monoisotopic (exact) mass is 401 g/mol. The summed E-state index contributed by atoms with van der Waals surface area (Å²) in [6.07, 6.45) is 0.558. The molecule has 8 nitrogen and oxygen atoms in total. The normalized spacial score (nSPS) is 14.2. The Balaban J connectivity index is 1.55. The number of amides is 2. The van der Waals surface area contributed by atoms with Gasteiger partial charge in [0.25, 0.3) is 17.5 Å². The van der Waals surface area contributed by atoms with Crippen LogP contribution in [0.25, 0.3) is 0 Å². The lowest BCUT2D eigenvalue weighted by Gasteiger charge is -2.22. The lowest BCUT2D eigenvalue weighted by atomic mass is 10.2. The molecule has 0 aliphatic carbocycles. The molecule has 3 rings (SSSR count). The van der Waals surface area contributed by atoms with E-state index in [1.54, 1.807) is 11.0 Å². The fraction of sp³-hybridized carbons (Fsp3) is 0.300. The van der Waals surface area contributed by atoms with Crippen LogP contribution in [0.4, 0.5) is 10.1 Å². The largest absolute Gasteiger partial charge is 0.484 e. The zero-order valence-electron chi connectivity index (χ0n) is 15.6. The van der Waals surface area contributed by atoms with E-state index in [9.17, 15) is 24.1 Å². The van der Waals surface area contributed by atoms with Gasteiger partial charge in [0, 0.05) is 32.2 Å². The van der Waals surface area contributed by atoms with Crippen LogP contribution in [0.15, 0.2) is 48.5 Å². The fourth-order valence-corrected chi connectivity index (χ4v) is 3.10. The number of non-ortho nitro benzene ring substituents is 1. The number of nitrogens with zero attached hydrogens (tertiary/aromatic N) is 3. The maximum Gasteiger partial charge on any atom is 0.273 e. The van der Waals surface area contributed by atoms with Crippen molar-refractivity contribution in [3.05, 3.63) is 70.0 Å². The molecule has 0 unspecified atom stereocenters. The van der Waals surface area contributed by atoms with Crippen LogP contribution in [0.2, 0.25) is 0 Å². The number of nitro benzene ring substituents is 1. The van der Waals surface area contributed by atoms with Crippen molar-refractivity contribution >= 4 is 17.5 Å². The summed E-state index contributed by atoms with van der Waals surface area (Å²) < 4.78 is 19.3. The molecule has 1 fully saturated rings. The maximum atomic E-state index is 13.9. The Morgan fingerprint density at radius 1 is 1.03 bits per heavy atom. The van der Waals surface area contributed by atoms with E-state index in [0.717, 1.165) is 0 Å². The van der Waals surface area contributed by atoms with Gasteiger partial charge in [-0.25, -0.2) is 4.39 Å². The maximum absolute atomic E-state index is 13.9. The van der Waals surface area contributed by atoms with Crippen LogP contribution in [-0.4, -0.2) is 59.3 Å². The molecule has 1 aliphatic heterocycles. The number of carbonyl (C=O) groups excluding carboxylic acids is 2. The number of nitro groups is 1. The molecule has 2 aromatic rings. The van der Waals surface area contributed by atoms with Gasteiger partial charge in [0.2, 0.25) is 0 Å². The summed E-state index contributed by atoms with van der Waals surface area (Å²) in [5, 5.41) is 10.8. The van der Waals surface area contributed by atoms with Crippen molar-refractivity contribution in [3.8, 4) is 5.75 Å². The first-order valence-electron chi connectivity index (χ1n) is 9.14. The third-order valence-corrected chi connectivity index (χ3v) is 4.63. The van der Waals surface area contributed by atoms with E-state index in [4.69, 9.17) is 4.74 Å². The third-order valence-electron chi connectivity index (χ3n) is 4.63. The van der Waals surface area contributed by atoms with Crippen molar-refractivity contribution < 1.29 is 23.6 Å². The summed E-state index contributed by atoms with van der Waals surface area (Å²) in [6, 6.07) is 11.4.